The summed E-state index contributed by atoms with van der Waals surface area (Å²) in [6.45, 7) is 2.88. The van der Waals surface area contributed by atoms with Crippen molar-refractivity contribution in [3.05, 3.63) is 22.7 Å². The van der Waals surface area contributed by atoms with E-state index in [1.165, 1.54) is 6.42 Å². The maximum Gasteiger partial charge on any atom is 0.241 e. The smallest absolute Gasteiger partial charge is 0.241 e. The van der Waals surface area contributed by atoms with Crippen LogP contribution in [0.15, 0.2) is 21.3 Å². The van der Waals surface area contributed by atoms with E-state index in [0.717, 1.165) is 25.2 Å². The van der Waals surface area contributed by atoms with Crippen LogP contribution in [-0.4, -0.2) is 41.2 Å². The lowest BCUT2D eigenvalue weighted by atomic mass is 10.3. The predicted octanol–water partition coefficient (Wildman–Crippen LogP) is 1.59. The summed E-state index contributed by atoms with van der Waals surface area (Å²) in [4.78, 5) is 6.77. The van der Waals surface area contributed by atoms with Crippen molar-refractivity contribution in [2.75, 3.05) is 20.1 Å². The van der Waals surface area contributed by atoms with Gasteiger partial charge < -0.3 is 9.84 Å². The number of nitrogens with one attached hydrogen (secondary N) is 1. The van der Waals surface area contributed by atoms with Gasteiger partial charge in [-0.1, -0.05) is 5.16 Å². The molecule has 1 aliphatic rings. The van der Waals surface area contributed by atoms with E-state index in [4.69, 9.17) is 4.52 Å². The third-order valence-corrected chi connectivity index (χ3v) is 3.97. The van der Waals surface area contributed by atoms with Crippen molar-refractivity contribution in [3.63, 3.8) is 0 Å². The molecule has 96 valence electrons. The van der Waals surface area contributed by atoms with Crippen molar-refractivity contribution in [1.29, 1.82) is 0 Å². The van der Waals surface area contributed by atoms with Gasteiger partial charge in [-0.25, -0.2) is 0 Å². The minimum absolute atomic E-state index is 0.587. The summed E-state index contributed by atoms with van der Waals surface area (Å²) in [7, 11) is 2.01. The Morgan fingerprint density at radius 1 is 1.61 bits per heavy atom. The average Bonchev–Trinajstić information content (AvgIpc) is 3.10. The summed E-state index contributed by atoms with van der Waals surface area (Å²) in [5, 5.41) is 11.4. The molecule has 1 unspecified atom stereocenters. The summed E-state index contributed by atoms with van der Waals surface area (Å²) in [5.41, 5.74) is 1.03. The lowest BCUT2D eigenvalue weighted by molar-refractivity contribution is 0.263. The zero-order valence-electron chi connectivity index (χ0n) is 10.3. The average molecular weight is 264 g/mol. The highest BCUT2D eigenvalue weighted by Crippen LogP contribution is 2.19. The molecule has 1 aliphatic heterocycles. The Balaban J connectivity index is 1.64. The largest absolute Gasteiger partial charge is 0.338 e. The van der Waals surface area contributed by atoms with Gasteiger partial charge in [0.05, 0.1) is 6.54 Å². The van der Waals surface area contributed by atoms with Gasteiger partial charge in [-0.3, -0.25) is 4.90 Å². The lowest BCUT2D eigenvalue weighted by Crippen LogP contribution is -2.29. The van der Waals surface area contributed by atoms with E-state index in [0.29, 0.717) is 17.8 Å². The fraction of sp³-hybridized carbons (Fsp3) is 0.500. The Bertz CT molecular complexity index is 496. The van der Waals surface area contributed by atoms with Crippen molar-refractivity contribution in [3.8, 4) is 11.4 Å². The van der Waals surface area contributed by atoms with Gasteiger partial charge in [0.2, 0.25) is 11.7 Å². The summed E-state index contributed by atoms with van der Waals surface area (Å²) in [6, 6.07) is 2.59. The van der Waals surface area contributed by atoms with Gasteiger partial charge in [-0.2, -0.15) is 16.3 Å². The minimum atomic E-state index is 0.587. The van der Waals surface area contributed by atoms with Crippen LogP contribution in [0.1, 0.15) is 12.3 Å². The molecule has 5 nitrogen and oxygen atoms in total. The molecule has 0 bridgehead atoms. The van der Waals surface area contributed by atoms with E-state index in [1.54, 1.807) is 11.3 Å². The van der Waals surface area contributed by atoms with Crippen LogP contribution >= 0.6 is 11.3 Å². The monoisotopic (exact) mass is 264 g/mol. The number of thiophene rings is 1. The fourth-order valence-electron chi connectivity index (χ4n) is 2.23. The molecule has 3 heterocycles. The van der Waals surface area contributed by atoms with Crippen molar-refractivity contribution in [2.24, 2.45) is 0 Å². The summed E-state index contributed by atoms with van der Waals surface area (Å²) >= 11 is 1.64. The number of hydrogen-bond acceptors (Lipinski definition) is 6. The quantitative estimate of drug-likeness (QED) is 0.909. The van der Waals surface area contributed by atoms with E-state index in [9.17, 15) is 0 Å². The van der Waals surface area contributed by atoms with Crippen LogP contribution in [0, 0.1) is 0 Å². The minimum Gasteiger partial charge on any atom is -0.338 e. The van der Waals surface area contributed by atoms with Crippen LogP contribution in [0.5, 0.6) is 0 Å². The summed E-state index contributed by atoms with van der Waals surface area (Å²) in [6.07, 6.45) is 1.18. The molecule has 2 aromatic rings. The molecule has 2 aromatic heterocycles. The number of hydrogen-bond donors (Lipinski definition) is 1. The molecule has 6 heteroatoms. The van der Waals surface area contributed by atoms with Crippen molar-refractivity contribution < 1.29 is 4.52 Å². The first kappa shape index (κ1) is 11.8. The number of nitrogens with zero attached hydrogens (tertiary/aromatic N) is 3. The predicted molar refractivity (Wildman–Crippen MR) is 70.4 cm³/mol. The van der Waals surface area contributed by atoms with Crippen molar-refractivity contribution >= 4 is 11.3 Å². The van der Waals surface area contributed by atoms with E-state index in [2.05, 4.69) is 20.4 Å². The van der Waals surface area contributed by atoms with Crippen LogP contribution < -0.4 is 5.32 Å². The van der Waals surface area contributed by atoms with Gasteiger partial charge in [0.15, 0.2) is 0 Å². The second-order valence-electron chi connectivity index (χ2n) is 4.53. The first-order valence-corrected chi connectivity index (χ1v) is 7.04. The molecule has 1 atom stereocenters. The first-order chi connectivity index (χ1) is 8.85. The zero-order valence-corrected chi connectivity index (χ0v) is 11.1. The van der Waals surface area contributed by atoms with Crippen LogP contribution in [0.3, 0.4) is 0 Å². The van der Waals surface area contributed by atoms with Crippen molar-refractivity contribution in [2.45, 2.75) is 19.0 Å². The second-order valence-corrected chi connectivity index (χ2v) is 5.31. The molecular formula is C12H16N4OS. The first-order valence-electron chi connectivity index (χ1n) is 6.10. The highest BCUT2D eigenvalue weighted by molar-refractivity contribution is 7.08. The third-order valence-electron chi connectivity index (χ3n) is 3.29. The van der Waals surface area contributed by atoms with Gasteiger partial charge in [0.25, 0.3) is 0 Å². The number of aromatic nitrogens is 2. The Morgan fingerprint density at radius 2 is 2.56 bits per heavy atom. The highest BCUT2D eigenvalue weighted by atomic mass is 32.1. The van der Waals surface area contributed by atoms with Gasteiger partial charge >= 0.3 is 0 Å². The Kier molecular flexibility index (Phi) is 3.40. The molecule has 18 heavy (non-hydrogen) atoms. The van der Waals surface area contributed by atoms with Gasteiger partial charge in [-0.05, 0) is 24.9 Å². The molecule has 3 rings (SSSR count). The normalized spacial score (nSPS) is 20.6. The molecule has 0 amide bonds. The summed E-state index contributed by atoms with van der Waals surface area (Å²) in [5.74, 6) is 1.39. The van der Waals surface area contributed by atoms with Crippen LogP contribution in [-0.2, 0) is 6.54 Å². The van der Waals surface area contributed by atoms with E-state index >= 15 is 0 Å². The Morgan fingerprint density at radius 3 is 3.28 bits per heavy atom. The van der Waals surface area contributed by atoms with E-state index in [1.807, 2.05) is 23.9 Å². The second kappa shape index (κ2) is 5.17. The van der Waals surface area contributed by atoms with Gasteiger partial charge in [-0.15, -0.1) is 0 Å². The molecule has 1 N–H and O–H groups in total. The molecule has 0 aliphatic carbocycles. The number of likely N-dealkylation sites (tertiary alicyclic amines) is 1. The van der Waals surface area contributed by atoms with E-state index in [-0.39, 0.29) is 0 Å². The molecule has 0 aromatic carbocycles. The number of likely N-dealkylation sites (N-methyl/N-ethyl adjacent to an activating group) is 1. The molecule has 0 radical (unpaired) electrons. The maximum atomic E-state index is 5.30. The molecule has 1 saturated heterocycles. The lowest BCUT2D eigenvalue weighted by Gasteiger charge is -2.12. The molecular weight excluding hydrogens is 248 g/mol. The fourth-order valence-corrected chi connectivity index (χ4v) is 2.87. The Hall–Kier alpha value is -1.24. The van der Waals surface area contributed by atoms with Crippen LogP contribution in [0.4, 0.5) is 0 Å². The maximum absolute atomic E-state index is 5.30. The van der Waals surface area contributed by atoms with Crippen molar-refractivity contribution in [1.82, 2.24) is 20.4 Å². The third kappa shape index (κ3) is 2.45. The van der Waals surface area contributed by atoms with Crippen LogP contribution in [0.2, 0.25) is 0 Å². The summed E-state index contributed by atoms with van der Waals surface area (Å²) < 4.78 is 5.30. The van der Waals surface area contributed by atoms with Gasteiger partial charge in [0.1, 0.15) is 0 Å². The Labute approximate surface area is 110 Å². The molecule has 0 spiro atoms. The zero-order chi connectivity index (χ0) is 12.4. The topological polar surface area (TPSA) is 54.2 Å². The molecule has 1 fully saturated rings. The highest BCUT2D eigenvalue weighted by Gasteiger charge is 2.22. The van der Waals surface area contributed by atoms with E-state index < -0.39 is 0 Å². The van der Waals surface area contributed by atoms with Gasteiger partial charge in [0, 0.05) is 30.1 Å². The molecule has 0 saturated carbocycles. The van der Waals surface area contributed by atoms with Crippen LogP contribution in [0.25, 0.3) is 11.4 Å². The standard InChI is InChI=1S/C12H16N4OS/c1-13-10-2-4-16(6-10)7-11-14-12(15-17-11)9-3-5-18-8-9/h3,5,8,10,13H,2,4,6-7H2,1H3. The SMILES string of the molecule is CNC1CCN(Cc2nc(-c3ccsc3)no2)C1. The number of rotatable bonds is 4.